The molecule has 4 nitrogen and oxygen atoms in total. The van der Waals surface area contributed by atoms with E-state index in [0.29, 0.717) is 19.1 Å². The number of esters is 1. The van der Waals surface area contributed by atoms with Crippen molar-refractivity contribution in [2.24, 2.45) is 0 Å². The highest BCUT2D eigenvalue weighted by atomic mass is 16.6. The Morgan fingerprint density at radius 2 is 0.966 bits per heavy atom. The summed E-state index contributed by atoms with van der Waals surface area (Å²) in [5.41, 5.74) is 0. The second kappa shape index (κ2) is 17.1. The van der Waals surface area contributed by atoms with Gasteiger partial charge in [-0.25, -0.2) is 0 Å². The molecule has 0 aromatic heterocycles. The summed E-state index contributed by atoms with van der Waals surface area (Å²) in [6.07, 6.45) is 25.8. The lowest BCUT2D eigenvalue weighted by Crippen LogP contribution is -2.09. The maximum absolute atomic E-state index is 11.5. The molecule has 0 bridgehead atoms. The van der Waals surface area contributed by atoms with E-state index in [-0.39, 0.29) is 12.1 Å². The van der Waals surface area contributed by atoms with Gasteiger partial charge in [0.2, 0.25) is 0 Å². The summed E-state index contributed by atoms with van der Waals surface area (Å²) in [7, 11) is 0. The first-order valence-electron chi connectivity index (χ1n) is 12.7. The zero-order valence-corrected chi connectivity index (χ0v) is 18.8. The van der Waals surface area contributed by atoms with Gasteiger partial charge in [-0.2, -0.15) is 0 Å². The molecular formula is C25H46O4. The number of hydrogen-bond acceptors (Lipinski definition) is 4. The Morgan fingerprint density at radius 3 is 1.38 bits per heavy atom. The molecule has 2 aliphatic heterocycles. The lowest BCUT2D eigenvalue weighted by molar-refractivity contribution is -0.144. The van der Waals surface area contributed by atoms with Gasteiger partial charge in [-0.1, -0.05) is 103 Å². The number of hydrogen-bond donors (Lipinski definition) is 0. The lowest BCUT2D eigenvalue weighted by atomic mass is 10.0. The molecule has 0 spiro atoms. The van der Waals surface area contributed by atoms with E-state index in [1.54, 1.807) is 0 Å². The maximum atomic E-state index is 11.5. The van der Waals surface area contributed by atoms with Gasteiger partial charge < -0.3 is 14.2 Å². The van der Waals surface area contributed by atoms with E-state index < -0.39 is 0 Å². The van der Waals surface area contributed by atoms with Gasteiger partial charge in [-0.05, 0) is 12.8 Å². The summed E-state index contributed by atoms with van der Waals surface area (Å²) in [4.78, 5) is 11.5. The smallest absolute Gasteiger partial charge is 0.305 e. The molecule has 0 aliphatic carbocycles. The van der Waals surface area contributed by atoms with Gasteiger partial charge in [-0.3, -0.25) is 4.79 Å². The van der Waals surface area contributed by atoms with Gasteiger partial charge in [0.05, 0.1) is 19.3 Å². The molecule has 0 aromatic rings. The summed E-state index contributed by atoms with van der Waals surface area (Å²) in [5.74, 6) is -0.0556. The van der Waals surface area contributed by atoms with Crippen molar-refractivity contribution in [1.82, 2.24) is 0 Å². The summed E-state index contributed by atoms with van der Waals surface area (Å²) < 4.78 is 15.4. The molecule has 2 heterocycles. The summed E-state index contributed by atoms with van der Waals surface area (Å²) in [5, 5.41) is 0. The molecule has 29 heavy (non-hydrogen) atoms. The van der Waals surface area contributed by atoms with E-state index in [9.17, 15) is 4.79 Å². The second-order valence-corrected chi connectivity index (χ2v) is 9.14. The van der Waals surface area contributed by atoms with E-state index in [4.69, 9.17) is 14.2 Å². The molecule has 4 heteroatoms. The minimum absolute atomic E-state index is 0.0556. The molecule has 2 fully saturated rings. The minimum Gasteiger partial charge on any atom is -0.463 e. The van der Waals surface area contributed by atoms with Crippen LogP contribution in [0.3, 0.4) is 0 Å². The van der Waals surface area contributed by atoms with E-state index in [2.05, 4.69) is 0 Å². The van der Waals surface area contributed by atoms with Crippen molar-refractivity contribution in [3.05, 3.63) is 0 Å². The van der Waals surface area contributed by atoms with Crippen molar-refractivity contribution in [2.75, 3.05) is 19.8 Å². The molecule has 2 saturated heterocycles. The number of ether oxygens (including phenoxy) is 3. The monoisotopic (exact) mass is 410 g/mol. The van der Waals surface area contributed by atoms with E-state index in [1.807, 2.05) is 0 Å². The van der Waals surface area contributed by atoms with Crippen LogP contribution in [-0.4, -0.2) is 38.0 Å². The number of carbonyl (C=O) groups is 1. The van der Waals surface area contributed by atoms with Crippen molar-refractivity contribution >= 4 is 5.97 Å². The third kappa shape index (κ3) is 16.8. The lowest BCUT2D eigenvalue weighted by Gasteiger charge is -2.04. The number of unbranched alkanes of at least 4 members (excludes halogenated alkanes) is 16. The highest BCUT2D eigenvalue weighted by Gasteiger charge is 2.24. The summed E-state index contributed by atoms with van der Waals surface area (Å²) >= 11 is 0. The molecule has 0 amide bonds. The van der Waals surface area contributed by atoms with Crippen LogP contribution in [0.15, 0.2) is 0 Å². The molecule has 2 unspecified atom stereocenters. The zero-order valence-electron chi connectivity index (χ0n) is 18.8. The average Bonchev–Trinajstić information content (AvgIpc) is 3.63. The first-order valence-corrected chi connectivity index (χ1v) is 12.7. The van der Waals surface area contributed by atoms with Gasteiger partial charge in [0.1, 0.15) is 12.7 Å². The first kappa shape index (κ1) is 24.7. The number of rotatable bonds is 22. The van der Waals surface area contributed by atoms with Crippen LogP contribution in [0.5, 0.6) is 0 Å². The van der Waals surface area contributed by atoms with Crippen molar-refractivity contribution in [3.8, 4) is 0 Å². The molecule has 0 saturated carbocycles. The van der Waals surface area contributed by atoms with Gasteiger partial charge in [0.15, 0.2) is 0 Å². The SMILES string of the molecule is O=C(CCCCCCCCCCCCCCCCCCCC1CO1)OCC1CO1. The van der Waals surface area contributed by atoms with Crippen LogP contribution < -0.4 is 0 Å². The van der Waals surface area contributed by atoms with Crippen molar-refractivity contribution in [3.63, 3.8) is 0 Å². The van der Waals surface area contributed by atoms with Crippen molar-refractivity contribution in [1.29, 1.82) is 0 Å². The third-order valence-corrected chi connectivity index (χ3v) is 6.14. The fraction of sp³-hybridized carbons (Fsp3) is 0.960. The molecule has 2 rings (SSSR count). The van der Waals surface area contributed by atoms with Crippen molar-refractivity contribution in [2.45, 2.75) is 134 Å². The first-order chi connectivity index (χ1) is 14.3. The predicted molar refractivity (Wildman–Crippen MR) is 118 cm³/mol. The van der Waals surface area contributed by atoms with Crippen LogP contribution in [0.25, 0.3) is 0 Å². The van der Waals surface area contributed by atoms with Crippen LogP contribution in [0, 0.1) is 0 Å². The molecule has 170 valence electrons. The largest absolute Gasteiger partial charge is 0.463 e. The van der Waals surface area contributed by atoms with Gasteiger partial charge in [0.25, 0.3) is 0 Å². The van der Waals surface area contributed by atoms with Crippen LogP contribution in [0.1, 0.15) is 122 Å². The highest BCUT2D eigenvalue weighted by Crippen LogP contribution is 2.19. The van der Waals surface area contributed by atoms with E-state index in [1.165, 1.54) is 103 Å². The number of carbonyl (C=O) groups excluding carboxylic acids is 1. The Labute approximate surface area is 179 Å². The maximum Gasteiger partial charge on any atom is 0.305 e. The Bertz CT molecular complexity index is 390. The molecule has 2 atom stereocenters. The van der Waals surface area contributed by atoms with Crippen LogP contribution in [-0.2, 0) is 19.0 Å². The van der Waals surface area contributed by atoms with Crippen molar-refractivity contribution < 1.29 is 19.0 Å². The second-order valence-electron chi connectivity index (χ2n) is 9.14. The number of epoxide rings is 2. The molecule has 2 aliphatic rings. The van der Waals surface area contributed by atoms with Crippen LogP contribution in [0.4, 0.5) is 0 Å². The Balaban J connectivity index is 1.16. The zero-order chi connectivity index (χ0) is 20.4. The van der Waals surface area contributed by atoms with Crippen LogP contribution in [0.2, 0.25) is 0 Å². The molecule has 0 radical (unpaired) electrons. The molecular weight excluding hydrogens is 364 g/mol. The van der Waals surface area contributed by atoms with E-state index in [0.717, 1.165) is 26.1 Å². The van der Waals surface area contributed by atoms with Gasteiger partial charge in [0, 0.05) is 6.42 Å². The standard InChI is InChI=1S/C25H46O4/c26-25(29-22-24-21-28-24)19-17-15-13-11-9-7-5-3-1-2-4-6-8-10-12-14-16-18-23-20-27-23/h23-24H,1-22H2. The van der Waals surface area contributed by atoms with E-state index >= 15 is 0 Å². The van der Waals surface area contributed by atoms with Crippen LogP contribution >= 0.6 is 0 Å². The average molecular weight is 411 g/mol. The quantitative estimate of drug-likeness (QED) is 0.113. The molecule has 0 aromatic carbocycles. The summed E-state index contributed by atoms with van der Waals surface area (Å²) in [6, 6.07) is 0. The topological polar surface area (TPSA) is 51.4 Å². The Kier molecular flexibility index (Phi) is 14.5. The summed E-state index contributed by atoms with van der Waals surface area (Å²) in [6.45, 7) is 2.23. The minimum atomic E-state index is -0.0556. The fourth-order valence-corrected chi connectivity index (χ4v) is 3.95. The third-order valence-electron chi connectivity index (χ3n) is 6.14. The fourth-order valence-electron chi connectivity index (χ4n) is 3.95. The van der Waals surface area contributed by atoms with Gasteiger partial charge >= 0.3 is 5.97 Å². The Hall–Kier alpha value is -0.610. The highest BCUT2D eigenvalue weighted by molar-refractivity contribution is 5.69. The predicted octanol–water partition coefficient (Wildman–Crippen LogP) is 6.74. The normalized spacial score (nSPS) is 20.0. The molecule has 0 N–H and O–H groups in total. The Morgan fingerprint density at radius 1 is 0.586 bits per heavy atom. The van der Waals surface area contributed by atoms with Gasteiger partial charge in [-0.15, -0.1) is 0 Å².